The molecule has 7 nitrogen and oxygen atoms in total. The Kier molecular flexibility index (Phi) is 5.62. The molecule has 0 bridgehead atoms. The third-order valence-electron chi connectivity index (χ3n) is 7.48. The van der Waals surface area contributed by atoms with Crippen LogP contribution in [0.5, 0.6) is 5.75 Å². The van der Waals surface area contributed by atoms with Crippen molar-refractivity contribution >= 4 is 17.6 Å². The van der Waals surface area contributed by atoms with Gasteiger partial charge in [0.25, 0.3) is 11.9 Å². The fourth-order valence-electron chi connectivity index (χ4n) is 5.65. The number of carbonyl (C=O) groups is 1. The third kappa shape index (κ3) is 4.62. The molecule has 12 heteroatoms. The summed E-state index contributed by atoms with van der Waals surface area (Å²) in [4.78, 5) is 18.5. The average Bonchev–Trinajstić information content (AvgIpc) is 3.22. The summed E-state index contributed by atoms with van der Waals surface area (Å²) in [6, 6.07) is 1.62. The first-order chi connectivity index (χ1) is 17.1. The van der Waals surface area contributed by atoms with Crippen LogP contribution in [0, 0.1) is 29.4 Å². The van der Waals surface area contributed by atoms with Gasteiger partial charge in [-0.1, -0.05) is 0 Å². The fraction of sp³-hybridized carbons (Fsp3) is 0.583. The van der Waals surface area contributed by atoms with Gasteiger partial charge in [-0.05, 0) is 37.5 Å². The van der Waals surface area contributed by atoms with E-state index in [0.29, 0.717) is 31.5 Å². The van der Waals surface area contributed by atoms with Crippen LogP contribution >= 0.6 is 0 Å². The smallest absolute Gasteiger partial charge is 0.396 e. The van der Waals surface area contributed by atoms with E-state index in [1.807, 2.05) is 0 Å². The Hall–Kier alpha value is -2.89. The summed E-state index contributed by atoms with van der Waals surface area (Å²) in [6.45, 7) is 1.50. The van der Waals surface area contributed by atoms with Gasteiger partial charge in [0.1, 0.15) is 12.2 Å². The molecule has 1 aromatic carbocycles. The van der Waals surface area contributed by atoms with Crippen LogP contribution in [-0.2, 0) is 11.2 Å². The number of ether oxygens (including phenoxy) is 2. The molecule has 0 spiro atoms. The van der Waals surface area contributed by atoms with Crippen LogP contribution in [0.15, 0.2) is 16.5 Å². The highest BCUT2D eigenvalue weighted by Crippen LogP contribution is 2.52. The summed E-state index contributed by atoms with van der Waals surface area (Å²) in [6.07, 6.45) is -3.04. The summed E-state index contributed by atoms with van der Waals surface area (Å²) in [5, 5.41) is 2.24. The molecule has 2 saturated carbocycles. The van der Waals surface area contributed by atoms with Crippen LogP contribution in [-0.4, -0.2) is 49.0 Å². The number of aromatic nitrogens is 1. The molecule has 2 aliphatic carbocycles. The molecule has 0 radical (unpaired) electrons. The third-order valence-corrected chi connectivity index (χ3v) is 7.48. The van der Waals surface area contributed by atoms with Crippen molar-refractivity contribution in [2.75, 3.05) is 29.9 Å². The lowest BCUT2D eigenvalue weighted by molar-refractivity contribution is -0.130. The second-order valence-corrected chi connectivity index (χ2v) is 10.1. The van der Waals surface area contributed by atoms with Crippen molar-refractivity contribution in [2.45, 2.75) is 50.5 Å². The molecule has 3 heterocycles. The zero-order valence-electron chi connectivity index (χ0n) is 19.1. The molecule has 194 valence electrons. The number of hydrogen-bond donors (Lipinski definition) is 1. The van der Waals surface area contributed by atoms with E-state index in [-0.39, 0.29) is 29.8 Å². The minimum Gasteiger partial charge on any atom is -0.484 e. The highest BCUT2D eigenvalue weighted by molar-refractivity contribution is 6.03. The van der Waals surface area contributed by atoms with E-state index in [9.17, 15) is 26.7 Å². The van der Waals surface area contributed by atoms with Crippen molar-refractivity contribution in [3.63, 3.8) is 0 Å². The lowest BCUT2D eigenvalue weighted by Gasteiger charge is -2.17. The van der Waals surface area contributed by atoms with E-state index in [1.165, 1.54) is 0 Å². The summed E-state index contributed by atoms with van der Waals surface area (Å²) < 4.78 is 85.2. The highest BCUT2D eigenvalue weighted by Gasteiger charge is 2.47. The van der Waals surface area contributed by atoms with Crippen molar-refractivity contribution in [3.8, 4) is 5.75 Å². The van der Waals surface area contributed by atoms with Crippen LogP contribution in [0.1, 0.15) is 41.9 Å². The van der Waals surface area contributed by atoms with Crippen LogP contribution in [0.4, 0.5) is 33.7 Å². The topological polar surface area (TPSA) is 76.8 Å². The number of nitrogens with one attached hydrogen (secondary N) is 1. The number of carbonyl (C=O) groups excluding carboxylic acids is 1. The van der Waals surface area contributed by atoms with Gasteiger partial charge in [-0.3, -0.25) is 4.79 Å². The number of alkyl halides is 3. The SMILES string of the molecule is O=C(Nc1cc(F)c(OC2CC3CC3C2)c(F)c1)c1nc(N2C[C@@H]3CCO[C@@H]3C2)oc1CC(F)(F)F. The highest BCUT2D eigenvalue weighted by atomic mass is 19.4. The fourth-order valence-corrected chi connectivity index (χ4v) is 5.65. The number of hydrogen-bond acceptors (Lipinski definition) is 6. The first kappa shape index (κ1) is 23.5. The maximum Gasteiger partial charge on any atom is 0.396 e. The Labute approximate surface area is 202 Å². The van der Waals surface area contributed by atoms with Gasteiger partial charge >= 0.3 is 6.18 Å². The zero-order valence-corrected chi connectivity index (χ0v) is 19.1. The monoisotopic (exact) mass is 513 g/mol. The number of fused-ring (bicyclic) bond motifs is 2. The maximum atomic E-state index is 14.6. The number of benzene rings is 1. The van der Waals surface area contributed by atoms with Crippen molar-refractivity contribution in [1.29, 1.82) is 0 Å². The van der Waals surface area contributed by atoms with Crippen LogP contribution in [0.25, 0.3) is 0 Å². The number of rotatable bonds is 6. The van der Waals surface area contributed by atoms with Crippen molar-refractivity contribution < 1.29 is 40.6 Å². The molecule has 1 N–H and O–H groups in total. The Morgan fingerprint density at radius 2 is 1.83 bits per heavy atom. The van der Waals surface area contributed by atoms with Gasteiger partial charge in [0.2, 0.25) is 0 Å². The average molecular weight is 513 g/mol. The van der Waals surface area contributed by atoms with E-state index in [2.05, 4.69) is 10.3 Å². The van der Waals surface area contributed by atoms with Gasteiger partial charge in [-0.2, -0.15) is 18.2 Å². The molecular weight excluding hydrogens is 489 g/mol. The molecular formula is C24H24F5N3O4. The largest absolute Gasteiger partial charge is 0.484 e. The van der Waals surface area contributed by atoms with Gasteiger partial charge in [0.15, 0.2) is 23.1 Å². The molecule has 6 rings (SSSR count). The summed E-state index contributed by atoms with van der Waals surface area (Å²) >= 11 is 0. The number of halogens is 5. The standard InChI is InChI=1S/C24H24F5N3O4/c25-16-6-14(7-17(26)21(16)35-15-4-12-3-13(12)5-15)30-22(33)20-18(8-24(27,28)29)36-23(31-20)32-9-11-1-2-34-19(11)10-32/h6-7,11-13,15,19H,1-5,8-10H2,(H,30,33)/t11-,12?,13?,15?,19+/m0/s1. The Bertz CT molecular complexity index is 1140. The quantitative estimate of drug-likeness (QED) is 0.564. The molecule has 4 atom stereocenters. The molecule has 2 aromatic rings. The van der Waals surface area contributed by atoms with E-state index in [0.717, 1.165) is 37.8 Å². The molecule has 2 aliphatic heterocycles. The lowest BCUT2D eigenvalue weighted by atomic mass is 10.1. The van der Waals surface area contributed by atoms with E-state index in [4.69, 9.17) is 13.9 Å². The molecule has 2 saturated heterocycles. The normalized spacial score (nSPS) is 28.8. The van der Waals surface area contributed by atoms with Crippen molar-refractivity contribution in [1.82, 2.24) is 4.98 Å². The molecule has 1 aromatic heterocycles. The minimum atomic E-state index is -4.66. The number of nitrogens with zero attached hydrogens (tertiary/aromatic N) is 2. The second-order valence-electron chi connectivity index (χ2n) is 10.1. The second kappa shape index (κ2) is 8.60. The number of amides is 1. The molecule has 1 amide bonds. The Morgan fingerprint density at radius 3 is 2.50 bits per heavy atom. The maximum absolute atomic E-state index is 14.6. The minimum absolute atomic E-state index is 0.0676. The van der Waals surface area contributed by atoms with Crippen molar-refractivity contribution in [3.05, 3.63) is 35.2 Å². The Balaban J connectivity index is 1.20. The van der Waals surface area contributed by atoms with Gasteiger partial charge in [0.05, 0.1) is 12.2 Å². The summed E-state index contributed by atoms with van der Waals surface area (Å²) in [5.74, 6) is -2.95. The molecule has 4 fully saturated rings. The first-order valence-electron chi connectivity index (χ1n) is 12.0. The first-order valence-corrected chi connectivity index (χ1v) is 12.0. The van der Waals surface area contributed by atoms with E-state index < -0.39 is 47.3 Å². The van der Waals surface area contributed by atoms with Crippen molar-refractivity contribution in [2.24, 2.45) is 17.8 Å². The number of anilines is 2. The van der Waals surface area contributed by atoms with Crippen LogP contribution in [0.2, 0.25) is 0 Å². The summed E-state index contributed by atoms with van der Waals surface area (Å²) in [7, 11) is 0. The predicted molar refractivity (Wildman–Crippen MR) is 116 cm³/mol. The molecule has 2 unspecified atom stereocenters. The summed E-state index contributed by atoms with van der Waals surface area (Å²) in [5.41, 5.74) is -0.866. The van der Waals surface area contributed by atoms with Gasteiger partial charge in [-0.15, -0.1) is 0 Å². The van der Waals surface area contributed by atoms with Crippen LogP contribution in [0.3, 0.4) is 0 Å². The van der Waals surface area contributed by atoms with E-state index in [1.54, 1.807) is 4.90 Å². The van der Waals surface area contributed by atoms with Gasteiger partial charge in [0, 0.05) is 43.4 Å². The van der Waals surface area contributed by atoms with E-state index >= 15 is 0 Å². The van der Waals surface area contributed by atoms with Gasteiger partial charge < -0.3 is 24.1 Å². The predicted octanol–water partition coefficient (Wildman–Crippen LogP) is 4.71. The van der Waals surface area contributed by atoms with Crippen LogP contribution < -0.4 is 15.0 Å². The lowest BCUT2D eigenvalue weighted by Crippen LogP contribution is -2.23. The van der Waals surface area contributed by atoms with Gasteiger partial charge in [-0.25, -0.2) is 8.78 Å². The molecule has 36 heavy (non-hydrogen) atoms. The number of oxazole rings is 1. The molecule has 4 aliphatic rings. The Morgan fingerprint density at radius 1 is 1.11 bits per heavy atom. The zero-order chi connectivity index (χ0) is 25.2.